The molecule has 0 unspecified atom stereocenters. The van der Waals surface area contributed by atoms with Gasteiger partial charge in [-0.3, -0.25) is 4.79 Å². The van der Waals surface area contributed by atoms with Gasteiger partial charge in [-0.25, -0.2) is 0 Å². The monoisotopic (exact) mass is 394 g/mol. The molecule has 7 heteroatoms. The van der Waals surface area contributed by atoms with E-state index in [4.69, 9.17) is 15.1 Å². The van der Waals surface area contributed by atoms with Crippen LogP contribution < -0.4 is 5.32 Å². The van der Waals surface area contributed by atoms with E-state index in [9.17, 15) is 4.79 Å². The molecule has 2 aromatic rings. The first-order valence-electron chi connectivity index (χ1n) is 9.13. The molecule has 7 nitrogen and oxygen atoms in total. The predicted molar refractivity (Wildman–Crippen MR) is 115 cm³/mol. The number of likely N-dealkylation sites (N-methyl/N-ethyl adjacent to an activating group) is 1. The van der Waals surface area contributed by atoms with Crippen LogP contribution in [0.5, 0.6) is 0 Å². The summed E-state index contributed by atoms with van der Waals surface area (Å²) >= 11 is 0. The van der Waals surface area contributed by atoms with Crippen molar-refractivity contribution in [3.8, 4) is 0 Å². The average Bonchev–Trinajstić information content (AvgIpc) is 2.72. The lowest BCUT2D eigenvalue weighted by Crippen LogP contribution is -2.29. The van der Waals surface area contributed by atoms with Crippen LogP contribution in [0, 0.1) is 12.3 Å². The number of carbonyl (C=O) groups is 1. The first-order valence-corrected chi connectivity index (χ1v) is 9.13. The quantitative estimate of drug-likeness (QED) is 0.530. The molecule has 29 heavy (non-hydrogen) atoms. The molecule has 1 amide bonds. The zero-order chi connectivity index (χ0) is 21.4. The molecule has 0 saturated carbocycles. The van der Waals surface area contributed by atoms with Crippen LogP contribution in [0.1, 0.15) is 41.7 Å². The van der Waals surface area contributed by atoms with E-state index >= 15 is 0 Å². The lowest BCUT2D eigenvalue weighted by Gasteiger charge is -2.13. The van der Waals surface area contributed by atoms with E-state index in [1.54, 1.807) is 20.0 Å². The van der Waals surface area contributed by atoms with E-state index in [1.807, 2.05) is 50.2 Å². The highest BCUT2D eigenvalue weighted by molar-refractivity contribution is 6.45. The molecule has 0 aliphatic heterocycles. The summed E-state index contributed by atoms with van der Waals surface area (Å²) in [4.78, 5) is 22.6. The maximum Gasteiger partial charge on any atom is 0.273 e. The molecule has 2 N–H and O–H groups in total. The third-order valence-electron chi connectivity index (χ3n) is 4.44. The maximum absolute atomic E-state index is 12.2. The number of oxime groups is 2. The van der Waals surface area contributed by atoms with Gasteiger partial charge in [0.15, 0.2) is 5.71 Å². The number of carbonyl (C=O) groups excluding carboxylic acids is 1. The molecule has 0 aliphatic carbocycles. The van der Waals surface area contributed by atoms with Crippen LogP contribution in [0.2, 0.25) is 0 Å². The number of nitrogens with one attached hydrogen (secondary N) is 2. The SMILES string of the molecule is CNC(=O)/C(=N/OC)c1cccc(C)c1CO/N=C(\C)c1ccc(C(C)=N)cc1. The molecule has 0 aromatic heterocycles. The summed E-state index contributed by atoms with van der Waals surface area (Å²) < 4.78 is 0. The Bertz CT molecular complexity index is 947. The van der Waals surface area contributed by atoms with E-state index in [0.29, 0.717) is 17.0 Å². The van der Waals surface area contributed by atoms with E-state index in [0.717, 1.165) is 22.3 Å². The maximum atomic E-state index is 12.2. The van der Waals surface area contributed by atoms with Crippen molar-refractivity contribution in [2.24, 2.45) is 10.3 Å². The van der Waals surface area contributed by atoms with Gasteiger partial charge in [-0.05, 0) is 37.5 Å². The molecular formula is C22H26N4O3. The number of amides is 1. The zero-order valence-corrected chi connectivity index (χ0v) is 17.4. The standard InChI is InChI=1S/C22H26N4O3/c1-14-7-6-8-19(21(26-28-5)22(27)24-4)20(14)13-29-25-16(3)18-11-9-17(10-12-18)15(2)23/h6-12,23H,13H2,1-5H3,(H,24,27)/b23-15?,25-16+,26-21+. The Morgan fingerprint density at radius 1 is 1.07 bits per heavy atom. The molecule has 152 valence electrons. The van der Waals surface area contributed by atoms with Crippen molar-refractivity contribution in [1.29, 1.82) is 5.41 Å². The minimum absolute atomic E-state index is 0.176. The molecule has 0 aliphatic rings. The second kappa shape index (κ2) is 10.2. The minimum atomic E-state index is -0.347. The van der Waals surface area contributed by atoms with E-state index in [2.05, 4.69) is 15.6 Å². The number of rotatable bonds is 8. The summed E-state index contributed by atoms with van der Waals surface area (Å²) in [5, 5.41) is 18.3. The van der Waals surface area contributed by atoms with Gasteiger partial charge < -0.3 is 20.4 Å². The fourth-order valence-electron chi connectivity index (χ4n) is 2.75. The lowest BCUT2D eigenvalue weighted by atomic mass is 9.98. The van der Waals surface area contributed by atoms with Gasteiger partial charge in [0.25, 0.3) is 5.91 Å². The molecule has 2 rings (SSSR count). The highest BCUT2D eigenvalue weighted by atomic mass is 16.6. The average molecular weight is 394 g/mol. The van der Waals surface area contributed by atoms with Crippen LogP contribution in [0.15, 0.2) is 52.8 Å². The third-order valence-corrected chi connectivity index (χ3v) is 4.44. The van der Waals surface area contributed by atoms with E-state index < -0.39 is 0 Å². The Kier molecular flexibility index (Phi) is 7.65. The number of nitrogens with zero attached hydrogens (tertiary/aromatic N) is 2. The lowest BCUT2D eigenvalue weighted by molar-refractivity contribution is -0.114. The summed E-state index contributed by atoms with van der Waals surface area (Å²) in [6, 6.07) is 13.2. The largest absolute Gasteiger partial charge is 0.398 e. The van der Waals surface area contributed by atoms with E-state index in [1.165, 1.54) is 7.11 Å². The second-order valence-electron chi connectivity index (χ2n) is 6.46. The van der Waals surface area contributed by atoms with Crippen molar-refractivity contribution in [2.45, 2.75) is 27.4 Å². The molecule has 0 bridgehead atoms. The van der Waals surface area contributed by atoms with Crippen LogP contribution in [-0.2, 0) is 21.1 Å². The number of aryl methyl sites for hydroxylation is 1. The molecule has 2 aromatic carbocycles. The third kappa shape index (κ3) is 5.51. The first-order chi connectivity index (χ1) is 13.9. The Balaban J connectivity index is 2.24. The topological polar surface area (TPSA) is 96.1 Å². The summed E-state index contributed by atoms with van der Waals surface area (Å²) in [7, 11) is 2.94. The number of hydrogen-bond donors (Lipinski definition) is 2. The Morgan fingerprint density at radius 3 is 2.31 bits per heavy atom. The van der Waals surface area contributed by atoms with Gasteiger partial charge in [0.1, 0.15) is 13.7 Å². The molecule has 0 radical (unpaired) electrons. The van der Waals surface area contributed by atoms with Gasteiger partial charge in [0.05, 0.1) is 5.71 Å². The molecule has 0 saturated heterocycles. The van der Waals surface area contributed by atoms with Gasteiger partial charge in [0.2, 0.25) is 0 Å². The minimum Gasteiger partial charge on any atom is -0.398 e. The van der Waals surface area contributed by atoms with Crippen LogP contribution in [0.4, 0.5) is 0 Å². The Morgan fingerprint density at radius 2 is 1.72 bits per heavy atom. The summed E-state index contributed by atoms with van der Waals surface area (Å²) in [6.07, 6.45) is 0. The van der Waals surface area contributed by atoms with Crippen LogP contribution in [0.25, 0.3) is 0 Å². The Hall–Kier alpha value is -3.48. The first kappa shape index (κ1) is 21.8. The molecular weight excluding hydrogens is 368 g/mol. The van der Waals surface area contributed by atoms with Crippen molar-refractivity contribution < 1.29 is 14.5 Å². The smallest absolute Gasteiger partial charge is 0.273 e. The van der Waals surface area contributed by atoms with Gasteiger partial charge >= 0.3 is 0 Å². The predicted octanol–water partition coefficient (Wildman–Crippen LogP) is 3.42. The van der Waals surface area contributed by atoms with Crippen LogP contribution >= 0.6 is 0 Å². The van der Waals surface area contributed by atoms with Gasteiger partial charge in [-0.2, -0.15) is 0 Å². The summed E-state index contributed by atoms with van der Waals surface area (Å²) in [5.41, 5.74) is 5.57. The van der Waals surface area contributed by atoms with Crippen LogP contribution in [-0.4, -0.2) is 37.2 Å². The van der Waals surface area contributed by atoms with E-state index in [-0.39, 0.29) is 18.2 Å². The van der Waals surface area contributed by atoms with Gasteiger partial charge in [-0.1, -0.05) is 52.8 Å². The molecule has 0 heterocycles. The van der Waals surface area contributed by atoms with Crippen molar-refractivity contribution in [2.75, 3.05) is 14.2 Å². The van der Waals surface area contributed by atoms with Crippen molar-refractivity contribution >= 4 is 23.0 Å². The van der Waals surface area contributed by atoms with Crippen LogP contribution in [0.3, 0.4) is 0 Å². The highest BCUT2D eigenvalue weighted by Gasteiger charge is 2.19. The fraction of sp³-hybridized carbons (Fsp3) is 0.273. The summed E-state index contributed by atoms with van der Waals surface area (Å²) in [6.45, 7) is 5.72. The highest BCUT2D eigenvalue weighted by Crippen LogP contribution is 2.18. The van der Waals surface area contributed by atoms with Crippen molar-refractivity contribution in [3.05, 3.63) is 70.3 Å². The number of benzene rings is 2. The number of hydrogen-bond acceptors (Lipinski definition) is 6. The zero-order valence-electron chi connectivity index (χ0n) is 17.4. The van der Waals surface area contributed by atoms with Crippen molar-refractivity contribution in [1.82, 2.24) is 5.32 Å². The van der Waals surface area contributed by atoms with Crippen molar-refractivity contribution in [3.63, 3.8) is 0 Å². The molecule has 0 atom stereocenters. The molecule has 0 spiro atoms. The van der Waals surface area contributed by atoms with Gasteiger partial charge in [-0.15, -0.1) is 0 Å². The summed E-state index contributed by atoms with van der Waals surface area (Å²) in [5.74, 6) is -0.347. The Labute approximate surface area is 170 Å². The fourth-order valence-corrected chi connectivity index (χ4v) is 2.75. The molecule has 0 fully saturated rings. The normalized spacial score (nSPS) is 11.8. The second-order valence-corrected chi connectivity index (χ2v) is 6.46. The van der Waals surface area contributed by atoms with Gasteiger partial charge in [0, 0.05) is 23.9 Å².